The third-order valence-corrected chi connectivity index (χ3v) is 5.17. The lowest BCUT2D eigenvalue weighted by atomic mass is 10.1. The van der Waals surface area contributed by atoms with Crippen LogP contribution >= 0.6 is 12.4 Å². The molecule has 0 saturated carbocycles. The summed E-state index contributed by atoms with van der Waals surface area (Å²) in [5, 5.41) is 4.23. The van der Waals surface area contributed by atoms with Crippen LogP contribution in [-0.4, -0.2) is 57.4 Å². The Kier molecular flexibility index (Phi) is 7.17. The van der Waals surface area contributed by atoms with Crippen LogP contribution in [0.15, 0.2) is 49.1 Å². The van der Waals surface area contributed by atoms with Crippen LogP contribution in [0.2, 0.25) is 0 Å². The van der Waals surface area contributed by atoms with Gasteiger partial charge in [0, 0.05) is 57.4 Å². The van der Waals surface area contributed by atoms with Crippen LogP contribution in [-0.2, 0) is 13.5 Å². The molecule has 29 heavy (non-hydrogen) atoms. The first-order chi connectivity index (χ1) is 13.7. The van der Waals surface area contributed by atoms with E-state index in [0.29, 0.717) is 0 Å². The van der Waals surface area contributed by atoms with Gasteiger partial charge in [-0.2, -0.15) is 5.10 Å². The van der Waals surface area contributed by atoms with Gasteiger partial charge in [-0.3, -0.25) is 14.6 Å². The zero-order valence-corrected chi connectivity index (χ0v) is 17.4. The number of nitrogens with zero attached hydrogens (tertiary/aromatic N) is 6. The second-order valence-electron chi connectivity index (χ2n) is 7.19. The van der Waals surface area contributed by atoms with Crippen LogP contribution in [0.25, 0.3) is 11.3 Å². The van der Waals surface area contributed by atoms with Crippen molar-refractivity contribution in [3.8, 4) is 11.3 Å². The molecule has 0 amide bonds. The number of rotatable bonds is 6. The molecule has 3 aromatic rings. The van der Waals surface area contributed by atoms with Crippen LogP contribution in [0.1, 0.15) is 12.0 Å². The number of benzene rings is 1. The van der Waals surface area contributed by atoms with Crippen molar-refractivity contribution in [1.82, 2.24) is 24.6 Å². The summed E-state index contributed by atoms with van der Waals surface area (Å²) in [6, 6.07) is 6.46. The van der Waals surface area contributed by atoms with Crippen LogP contribution in [0.5, 0.6) is 0 Å². The summed E-state index contributed by atoms with van der Waals surface area (Å²) in [4.78, 5) is 13.9. The van der Waals surface area contributed by atoms with Crippen LogP contribution in [0.4, 0.5) is 10.2 Å². The topological polar surface area (TPSA) is 50.1 Å². The van der Waals surface area contributed by atoms with Gasteiger partial charge >= 0.3 is 0 Å². The first-order valence-corrected chi connectivity index (χ1v) is 9.71. The summed E-state index contributed by atoms with van der Waals surface area (Å²) >= 11 is 0. The van der Waals surface area contributed by atoms with Crippen molar-refractivity contribution in [2.75, 3.05) is 37.6 Å². The highest BCUT2D eigenvalue weighted by Gasteiger charge is 2.21. The summed E-state index contributed by atoms with van der Waals surface area (Å²) in [7, 11) is 1.95. The lowest BCUT2D eigenvalue weighted by molar-refractivity contribution is 0.254. The van der Waals surface area contributed by atoms with Crippen molar-refractivity contribution in [1.29, 1.82) is 0 Å². The molecule has 0 spiro atoms. The zero-order chi connectivity index (χ0) is 19.3. The standard InChI is InChI=1S/C21H25FN6.ClH/c1-26-16-17(15-25-26)3-2-10-27-11-13-28(14-12-27)21-20(23-8-9-24-21)18-4-6-19(22)7-5-18;/h4-9,15-16H,2-3,10-14H2,1H3;1H. The van der Waals surface area contributed by atoms with Gasteiger partial charge in [-0.1, -0.05) is 0 Å². The van der Waals surface area contributed by atoms with E-state index in [0.717, 1.165) is 62.6 Å². The minimum absolute atomic E-state index is 0. The van der Waals surface area contributed by atoms with Gasteiger partial charge in [0.25, 0.3) is 0 Å². The molecule has 2 aromatic heterocycles. The van der Waals surface area contributed by atoms with E-state index in [1.54, 1.807) is 24.5 Å². The molecule has 3 heterocycles. The molecular formula is C21H26ClFN6. The number of halogens is 2. The first-order valence-electron chi connectivity index (χ1n) is 9.71. The predicted octanol–water partition coefficient (Wildman–Crippen LogP) is 3.19. The molecule has 1 aliphatic rings. The number of aryl methyl sites for hydroxylation is 2. The summed E-state index contributed by atoms with van der Waals surface area (Å²) in [6.45, 7) is 4.94. The van der Waals surface area contributed by atoms with E-state index in [1.807, 2.05) is 17.9 Å². The van der Waals surface area contributed by atoms with Crippen molar-refractivity contribution in [3.63, 3.8) is 0 Å². The molecule has 1 aliphatic heterocycles. The Morgan fingerprint density at radius 2 is 1.72 bits per heavy atom. The Hall–Kier alpha value is -2.51. The van der Waals surface area contributed by atoms with Crippen molar-refractivity contribution in [2.45, 2.75) is 12.8 Å². The summed E-state index contributed by atoms with van der Waals surface area (Å²) in [5.41, 5.74) is 3.00. The zero-order valence-electron chi connectivity index (χ0n) is 16.5. The Bertz CT molecular complexity index is 906. The third-order valence-electron chi connectivity index (χ3n) is 5.17. The molecule has 1 saturated heterocycles. The van der Waals surface area contributed by atoms with E-state index in [-0.39, 0.29) is 18.2 Å². The minimum Gasteiger partial charge on any atom is -0.352 e. The van der Waals surface area contributed by atoms with Gasteiger partial charge in [0.05, 0.1) is 6.20 Å². The predicted molar refractivity (Wildman–Crippen MR) is 115 cm³/mol. The molecule has 6 nitrogen and oxygen atoms in total. The normalized spacial score (nSPS) is 14.6. The maximum absolute atomic E-state index is 13.3. The molecule has 154 valence electrons. The molecule has 8 heteroatoms. The SMILES string of the molecule is Cl.Cn1cc(CCCN2CCN(c3nccnc3-c3ccc(F)cc3)CC2)cn1. The van der Waals surface area contributed by atoms with E-state index in [9.17, 15) is 4.39 Å². The Labute approximate surface area is 176 Å². The fraction of sp³-hybridized carbons (Fsp3) is 0.381. The molecular weight excluding hydrogens is 391 g/mol. The quantitative estimate of drug-likeness (QED) is 0.617. The van der Waals surface area contributed by atoms with Crippen molar-refractivity contribution >= 4 is 18.2 Å². The Morgan fingerprint density at radius 3 is 2.41 bits per heavy atom. The van der Waals surface area contributed by atoms with Crippen LogP contribution < -0.4 is 4.90 Å². The van der Waals surface area contributed by atoms with Crippen LogP contribution in [0.3, 0.4) is 0 Å². The average Bonchev–Trinajstić information content (AvgIpc) is 3.14. The first kappa shape index (κ1) is 21.2. The van der Waals surface area contributed by atoms with Crippen molar-refractivity contribution < 1.29 is 4.39 Å². The maximum atomic E-state index is 13.3. The number of aromatic nitrogens is 4. The molecule has 0 bridgehead atoms. The Morgan fingerprint density at radius 1 is 1.00 bits per heavy atom. The highest BCUT2D eigenvalue weighted by molar-refractivity contribution is 5.85. The third kappa shape index (κ3) is 5.31. The summed E-state index contributed by atoms with van der Waals surface area (Å²) in [5.74, 6) is 0.637. The monoisotopic (exact) mass is 416 g/mol. The smallest absolute Gasteiger partial charge is 0.155 e. The lowest BCUT2D eigenvalue weighted by Gasteiger charge is -2.36. The molecule has 0 atom stereocenters. The van der Waals surface area contributed by atoms with Crippen LogP contribution in [0, 0.1) is 5.82 Å². The van der Waals surface area contributed by atoms with E-state index in [4.69, 9.17) is 0 Å². The van der Waals surface area contributed by atoms with Gasteiger partial charge in [-0.25, -0.2) is 9.37 Å². The number of anilines is 1. The molecule has 0 unspecified atom stereocenters. The van der Waals surface area contributed by atoms with Gasteiger partial charge in [-0.05, 0) is 49.2 Å². The number of hydrogen-bond donors (Lipinski definition) is 0. The van der Waals surface area contributed by atoms with Crippen molar-refractivity contribution in [2.24, 2.45) is 7.05 Å². The Balaban J connectivity index is 0.00000240. The lowest BCUT2D eigenvalue weighted by Crippen LogP contribution is -2.47. The maximum Gasteiger partial charge on any atom is 0.155 e. The minimum atomic E-state index is -0.242. The molecule has 1 fully saturated rings. The van der Waals surface area contributed by atoms with Gasteiger partial charge in [0.15, 0.2) is 5.82 Å². The summed E-state index contributed by atoms with van der Waals surface area (Å²) in [6.07, 6.45) is 9.65. The fourth-order valence-electron chi connectivity index (χ4n) is 3.66. The van der Waals surface area contributed by atoms with Gasteiger partial charge in [0.2, 0.25) is 0 Å². The van der Waals surface area contributed by atoms with E-state index >= 15 is 0 Å². The van der Waals surface area contributed by atoms with E-state index < -0.39 is 0 Å². The molecule has 1 aromatic carbocycles. The second-order valence-corrected chi connectivity index (χ2v) is 7.19. The average molecular weight is 417 g/mol. The molecule has 0 radical (unpaired) electrons. The van der Waals surface area contributed by atoms with Gasteiger partial charge < -0.3 is 4.90 Å². The summed E-state index contributed by atoms with van der Waals surface area (Å²) < 4.78 is 15.1. The van der Waals surface area contributed by atoms with Gasteiger partial charge in [0.1, 0.15) is 11.5 Å². The molecule has 0 aliphatic carbocycles. The van der Waals surface area contributed by atoms with Gasteiger partial charge in [-0.15, -0.1) is 12.4 Å². The molecule has 4 rings (SSSR count). The largest absolute Gasteiger partial charge is 0.352 e. The highest BCUT2D eigenvalue weighted by atomic mass is 35.5. The number of piperazine rings is 1. The highest BCUT2D eigenvalue weighted by Crippen LogP contribution is 2.27. The van der Waals surface area contributed by atoms with Crippen molar-refractivity contribution in [3.05, 3.63) is 60.4 Å². The van der Waals surface area contributed by atoms with E-state index in [2.05, 4.69) is 31.1 Å². The van der Waals surface area contributed by atoms with E-state index in [1.165, 1.54) is 17.7 Å². The molecule has 0 N–H and O–H groups in total. The fourth-order valence-corrected chi connectivity index (χ4v) is 3.66. The number of hydrogen-bond acceptors (Lipinski definition) is 5. The second kappa shape index (κ2) is 9.80.